The molecule has 2 aromatic carbocycles. The maximum Gasteiger partial charge on any atom is 0.482 e. The Balaban J connectivity index is 2.04. The molecule has 126 valence electrons. The Labute approximate surface area is 136 Å². The summed E-state index contributed by atoms with van der Waals surface area (Å²) in [6, 6.07) is 11.9. The van der Waals surface area contributed by atoms with Crippen molar-refractivity contribution in [1.82, 2.24) is 0 Å². The van der Waals surface area contributed by atoms with Crippen LogP contribution in [0.3, 0.4) is 0 Å². The molecule has 4 nitrogen and oxygen atoms in total. The summed E-state index contributed by atoms with van der Waals surface area (Å²) in [5.74, 6) is 0. The molecule has 8 heteroatoms. The lowest BCUT2D eigenvalue weighted by atomic mass is 10.0. The lowest BCUT2D eigenvalue weighted by Crippen LogP contribution is -2.76. The largest absolute Gasteiger partial charge is 0.482 e. The summed E-state index contributed by atoms with van der Waals surface area (Å²) in [5.41, 5.74) is 2.22. The third kappa shape index (κ3) is 3.28. The molecule has 0 aliphatic heterocycles. The van der Waals surface area contributed by atoms with Crippen LogP contribution in [0.2, 0.25) is 0 Å². The van der Waals surface area contributed by atoms with E-state index < -0.39 is 22.0 Å². The first-order valence-electron chi connectivity index (χ1n) is 6.95. The fraction of sp³-hybridized carbons (Fsp3) is 0.188. The second-order valence-corrected chi connectivity index (χ2v) is 7.04. The van der Waals surface area contributed by atoms with Gasteiger partial charge in [-0.15, -0.1) is 4.28 Å². The molecule has 0 aromatic heterocycles. The zero-order valence-electron chi connectivity index (χ0n) is 12.5. The minimum Gasteiger partial charge on any atom is -0.181 e. The van der Waals surface area contributed by atoms with Gasteiger partial charge in [0.05, 0.1) is 11.8 Å². The van der Waals surface area contributed by atoms with Crippen molar-refractivity contribution in [2.75, 3.05) is 6.26 Å². The molecule has 1 aliphatic carbocycles. The second-order valence-electron chi connectivity index (χ2n) is 5.47. The van der Waals surface area contributed by atoms with Gasteiger partial charge in [0.15, 0.2) is 0 Å². The predicted octanol–water partition coefficient (Wildman–Crippen LogP) is 1.58. The van der Waals surface area contributed by atoms with E-state index in [9.17, 15) is 21.6 Å². The molecule has 24 heavy (non-hydrogen) atoms. The van der Waals surface area contributed by atoms with Gasteiger partial charge in [0.1, 0.15) is 0 Å². The first kappa shape index (κ1) is 16.5. The Morgan fingerprint density at radius 2 is 1.75 bits per heavy atom. The van der Waals surface area contributed by atoms with Crippen LogP contribution in [0.15, 0.2) is 42.5 Å². The average molecular weight is 356 g/mol. The van der Waals surface area contributed by atoms with Crippen molar-refractivity contribution in [3.05, 3.63) is 59.2 Å². The summed E-state index contributed by atoms with van der Waals surface area (Å²) in [4.78, 5) is 0. The Bertz CT molecular complexity index is 934. The monoisotopic (exact) mass is 356 g/mol. The molecule has 0 saturated carbocycles. The molecule has 0 bridgehead atoms. The van der Waals surface area contributed by atoms with E-state index in [1.807, 2.05) is 24.3 Å². The van der Waals surface area contributed by atoms with Crippen LogP contribution in [-0.4, -0.2) is 26.6 Å². The first-order chi connectivity index (χ1) is 11.1. The van der Waals surface area contributed by atoms with Crippen LogP contribution >= 0.6 is 0 Å². The van der Waals surface area contributed by atoms with Crippen LogP contribution in [0, 0.1) is 0 Å². The van der Waals surface area contributed by atoms with E-state index in [0.29, 0.717) is 12.7 Å². The normalized spacial score (nSPS) is 14.2. The highest BCUT2D eigenvalue weighted by molar-refractivity contribution is 7.85. The number of rotatable bonds is 3. The van der Waals surface area contributed by atoms with E-state index in [1.54, 1.807) is 6.07 Å². The summed E-state index contributed by atoms with van der Waals surface area (Å²) in [5, 5.41) is 1.53. The summed E-state index contributed by atoms with van der Waals surface area (Å²) in [7, 11) is -4.07. The fourth-order valence-electron chi connectivity index (χ4n) is 2.70. The topological polar surface area (TPSA) is 57.3 Å². The fourth-order valence-corrected chi connectivity index (χ4v) is 2.93. The standard InChI is InChI=1S/C16H12F3NO3S/c1-24(21,22)23-20-15(16(17,18)19)11-6-7-14-12(9-11)8-10-4-2-3-5-13(10)14/h2-7,9H,8H2,1H3/p+1. The average Bonchev–Trinajstić information content (AvgIpc) is 2.82. The third-order valence-corrected chi connectivity index (χ3v) is 4.05. The van der Waals surface area contributed by atoms with Crippen LogP contribution in [0.5, 0.6) is 0 Å². The summed E-state index contributed by atoms with van der Waals surface area (Å²) < 4.78 is 65.7. The molecule has 0 heterocycles. The van der Waals surface area contributed by atoms with Crippen LogP contribution in [0.1, 0.15) is 16.7 Å². The van der Waals surface area contributed by atoms with Gasteiger partial charge in [0.25, 0.3) is 0 Å². The van der Waals surface area contributed by atoms with Crippen molar-refractivity contribution in [1.29, 1.82) is 0 Å². The van der Waals surface area contributed by atoms with E-state index in [0.717, 1.165) is 22.3 Å². The van der Waals surface area contributed by atoms with Gasteiger partial charge in [-0.3, -0.25) is 0 Å². The van der Waals surface area contributed by atoms with Gasteiger partial charge in [-0.2, -0.15) is 21.6 Å². The quantitative estimate of drug-likeness (QED) is 0.573. The van der Waals surface area contributed by atoms with Gasteiger partial charge >= 0.3 is 22.0 Å². The Morgan fingerprint density at radius 1 is 1.08 bits per heavy atom. The van der Waals surface area contributed by atoms with Crippen LogP contribution < -0.4 is 5.16 Å². The SMILES string of the molecule is CS(=O)(=O)O[NH+]=C(c1ccc2c(c1)Cc1ccccc1-2)C(F)(F)F. The number of hydrogen-bond donors (Lipinski definition) is 1. The number of fused-ring (bicyclic) bond motifs is 3. The third-order valence-electron chi connectivity index (χ3n) is 3.66. The Morgan fingerprint density at radius 3 is 2.42 bits per heavy atom. The summed E-state index contributed by atoms with van der Waals surface area (Å²) in [6.07, 6.45) is -3.60. The molecule has 1 aliphatic rings. The van der Waals surface area contributed by atoms with Crippen molar-refractivity contribution in [3.8, 4) is 11.1 Å². The number of benzene rings is 2. The molecule has 0 spiro atoms. The Kier molecular flexibility index (Phi) is 3.87. The van der Waals surface area contributed by atoms with Crippen molar-refractivity contribution in [2.24, 2.45) is 0 Å². The van der Waals surface area contributed by atoms with Crippen LogP contribution in [-0.2, 0) is 20.8 Å². The maximum absolute atomic E-state index is 13.2. The molecular formula is C16H13F3NO3S+. The highest BCUT2D eigenvalue weighted by atomic mass is 32.2. The van der Waals surface area contributed by atoms with E-state index in [2.05, 4.69) is 4.28 Å². The van der Waals surface area contributed by atoms with E-state index in [1.165, 1.54) is 17.3 Å². The molecule has 0 fully saturated rings. The van der Waals surface area contributed by atoms with Gasteiger partial charge in [-0.25, -0.2) is 0 Å². The number of nitrogens with one attached hydrogen (secondary N) is 1. The smallest absolute Gasteiger partial charge is 0.181 e. The summed E-state index contributed by atoms with van der Waals surface area (Å²) >= 11 is 0. The van der Waals surface area contributed by atoms with Gasteiger partial charge in [0.2, 0.25) is 0 Å². The van der Waals surface area contributed by atoms with Gasteiger partial charge in [-0.1, -0.05) is 30.3 Å². The van der Waals surface area contributed by atoms with E-state index >= 15 is 0 Å². The molecule has 0 saturated heterocycles. The number of hydrogen-bond acceptors (Lipinski definition) is 3. The minimum absolute atomic E-state index is 0.183. The highest BCUT2D eigenvalue weighted by Crippen LogP contribution is 2.37. The van der Waals surface area contributed by atoms with Crippen molar-refractivity contribution < 1.29 is 31.0 Å². The molecule has 0 unspecified atom stereocenters. The lowest BCUT2D eigenvalue weighted by molar-refractivity contribution is -0.707. The molecule has 0 radical (unpaired) electrons. The van der Waals surface area contributed by atoms with Gasteiger partial charge in [0, 0.05) is 0 Å². The van der Waals surface area contributed by atoms with E-state index in [4.69, 9.17) is 0 Å². The lowest BCUT2D eigenvalue weighted by Gasteiger charge is -2.07. The van der Waals surface area contributed by atoms with Gasteiger partial charge in [-0.05, 0) is 46.0 Å². The van der Waals surface area contributed by atoms with E-state index in [-0.39, 0.29) is 5.56 Å². The molecule has 2 aromatic rings. The zero-order chi connectivity index (χ0) is 17.5. The predicted molar refractivity (Wildman–Crippen MR) is 81.7 cm³/mol. The minimum atomic E-state index is -4.79. The Hall–Kier alpha value is -2.35. The van der Waals surface area contributed by atoms with Gasteiger partial charge < -0.3 is 0 Å². The zero-order valence-corrected chi connectivity index (χ0v) is 13.3. The van der Waals surface area contributed by atoms with Crippen molar-refractivity contribution >= 4 is 15.8 Å². The number of alkyl halides is 3. The van der Waals surface area contributed by atoms with Crippen LogP contribution in [0.4, 0.5) is 13.2 Å². The highest BCUT2D eigenvalue weighted by Gasteiger charge is 2.44. The molecule has 1 N–H and O–H groups in total. The molecular weight excluding hydrogens is 343 g/mol. The number of halogens is 3. The molecule has 0 amide bonds. The van der Waals surface area contributed by atoms with Crippen molar-refractivity contribution in [3.63, 3.8) is 0 Å². The summed E-state index contributed by atoms with van der Waals surface area (Å²) in [6.45, 7) is 0. The molecule has 0 atom stereocenters. The van der Waals surface area contributed by atoms with Crippen LogP contribution in [0.25, 0.3) is 11.1 Å². The second kappa shape index (κ2) is 5.62. The maximum atomic E-state index is 13.2. The first-order valence-corrected chi connectivity index (χ1v) is 8.77. The molecule has 3 rings (SSSR count). The van der Waals surface area contributed by atoms with Crippen molar-refractivity contribution in [2.45, 2.75) is 12.6 Å².